The van der Waals surface area contributed by atoms with E-state index in [1.807, 2.05) is 0 Å². The normalized spacial score (nSPS) is 17.4. The Kier molecular flexibility index (Phi) is 4.57. The minimum Gasteiger partial charge on any atom is -0.314 e. The van der Waals surface area contributed by atoms with E-state index >= 15 is 0 Å². The van der Waals surface area contributed by atoms with Crippen LogP contribution in [-0.4, -0.2) is 31.1 Å². The summed E-state index contributed by atoms with van der Waals surface area (Å²) < 4.78 is 0. The van der Waals surface area contributed by atoms with Gasteiger partial charge in [-0.3, -0.25) is 0 Å². The molecule has 1 aliphatic rings. The SMILES string of the molecule is CC(CNC1CC1)CN(C)Cc1ccccc1. The molecule has 2 rings (SSSR count). The predicted octanol–water partition coefficient (Wildman–Crippen LogP) is 2.51. The van der Waals surface area contributed by atoms with Gasteiger partial charge in [-0.05, 0) is 37.9 Å². The number of nitrogens with one attached hydrogen (secondary N) is 1. The fourth-order valence-corrected chi connectivity index (χ4v) is 2.21. The second-order valence-corrected chi connectivity index (χ2v) is 5.47. The minimum absolute atomic E-state index is 0.726. The molecule has 0 bridgehead atoms. The minimum atomic E-state index is 0.726. The first-order valence-corrected chi connectivity index (χ1v) is 6.70. The summed E-state index contributed by atoms with van der Waals surface area (Å²) in [6, 6.07) is 11.5. The molecular formula is C15H24N2. The molecule has 1 fully saturated rings. The Balaban J connectivity index is 1.66. The van der Waals surface area contributed by atoms with Gasteiger partial charge < -0.3 is 10.2 Å². The molecule has 94 valence electrons. The molecule has 0 amide bonds. The van der Waals surface area contributed by atoms with Crippen LogP contribution in [0.5, 0.6) is 0 Å². The summed E-state index contributed by atoms with van der Waals surface area (Å²) in [4.78, 5) is 2.41. The molecule has 0 radical (unpaired) electrons. The summed E-state index contributed by atoms with van der Waals surface area (Å²) in [6.07, 6.45) is 2.76. The molecule has 0 aromatic heterocycles. The highest BCUT2D eigenvalue weighted by Crippen LogP contribution is 2.18. The largest absolute Gasteiger partial charge is 0.314 e. The first-order chi connectivity index (χ1) is 8.24. The van der Waals surface area contributed by atoms with Crippen molar-refractivity contribution < 1.29 is 0 Å². The quantitative estimate of drug-likeness (QED) is 0.777. The van der Waals surface area contributed by atoms with Crippen LogP contribution in [-0.2, 0) is 6.54 Å². The molecular weight excluding hydrogens is 208 g/mol. The second-order valence-electron chi connectivity index (χ2n) is 5.47. The third kappa shape index (κ3) is 4.88. The Hall–Kier alpha value is -0.860. The summed E-state index contributed by atoms with van der Waals surface area (Å²) in [5.74, 6) is 0.726. The number of hydrogen-bond donors (Lipinski definition) is 1. The van der Waals surface area contributed by atoms with Gasteiger partial charge in [0.25, 0.3) is 0 Å². The van der Waals surface area contributed by atoms with Crippen LogP contribution in [0.3, 0.4) is 0 Å². The Bertz CT molecular complexity index is 319. The van der Waals surface area contributed by atoms with Crippen molar-refractivity contribution in [1.29, 1.82) is 0 Å². The van der Waals surface area contributed by atoms with E-state index in [0.717, 1.165) is 31.6 Å². The molecule has 2 heteroatoms. The molecule has 1 saturated carbocycles. The van der Waals surface area contributed by atoms with Gasteiger partial charge in [-0.1, -0.05) is 37.3 Å². The lowest BCUT2D eigenvalue weighted by molar-refractivity contribution is 0.273. The van der Waals surface area contributed by atoms with Crippen molar-refractivity contribution in [3.05, 3.63) is 35.9 Å². The summed E-state index contributed by atoms with van der Waals surface area (Å²) in [6.45, 7) is 5.70. The van der Waals surface area contributed by atoms with Crippen LogP contribution in [0.1, 0.15) is 25.3 Å². The average Bonchev–Trinajstić information content (AvgIpc) is 3.11. The Morgan fingerprint density at radius 2 is 2.00 bits per heavy atom. The van der Waals surface area contributed by atoms with Gasteiger partial charge in [0.1, 0.15) is 0 Å². The van der Waals surface area contributed by atoms with E-state index in [2.05, 4.69) is 54.5 Å². The summed E-state index contributed by atoms with van der Waals surface area (Å²) in [5, 5.41) is 3.60. The molecule has 17 heavy (non-hydrogen) atoms. The highest BCUT2D eigenvalue weighted by atomic mass is 15.1. The maximum absolute atomic E-state index is 3.60. The van der Waals surface area contributed by atoms with E-state index in [-0.39, 0.29) is 0 Å². The Labute approximate surface area is 105 Å². The fraction of sp³-hybridized carbons (Fsp3) is 0.600. The summed E-state index contributed by atoms with van der Waals surface area (Å²) in [5.41, 5.74) is 1.40. The molecule has 0 aliphatic heterocycles. The molecule has 1 aromatic rings. The van der Waals surface area contributed by atoms with Gasteiger partial charge in [-0.15, -0.1) is 0 Å². The molecule has 1 unspecified atom stereocenters. The molecule has 1 aromatic carbocycles. The zero-order chi connectivity index (χ0) is 12.1. The zero-order valence-electron chi connectivity index (χ0n) is 11.0. The van der Waals surface area contributed by atoms with E-state index in [1.165, 1.54) is 18.4 Å². The van der Waals surface area contributed by atoms with Gasteiger partial charge >= 0.3 is 0 Å². The van der Waals surface area contributed by atoms with E-state index < -0.39 is 0 Å². The van der Waals surface area contributed by atoms with Gasteiger partial charge in [0.2, 0.25) is 0 Å². The maximum atomic E-state index is 3.60. The molecule has 2 nitrogen and oxygen atoms in total. The van der Waals surface area contributed by atoms with Crippen molar-refractivity contribution in [2.24, 2.45) is 5.92 Å². The lowest BCUT2D eigenvalue weighted by Gasteiger charge is -2.21. The molecule has 1 atom stereocenters. The predicted molar refractivity (Wildman–Crippen MR) is 73.0 cm³/mol. The van der Waals surface area contributed by atoms with E-state index in [9.17, 15) is 0 Å². The van der Waals surface area contributed by atoms with Gasteiger partial charge in [0.15, 0.2) is 0 Å². The van der Waals surface area contributed by atoms with Crippen molar-refractivity contribution in [3.8, 4) is 0 Å². The second kappa shape index (κ2) is 6.18. The summed E-state index contributed by atoms with van der Waals surface area (Å²) >= 11 is 0. The smallest absolute Gasteiger partial charge is 0.0230 e. The van der Waals surface area contributed by atoms with Gasteiger partial charge in [-0.2, -0.15) is 0 Å². The first kappa shape index (κ1) is 12.6. The fourth-order valence-electron chi connectivity index (χ4n) is 2.21. The highest BCUT2D eigenvalue weighted by molar-refractivity contribution is 5.14. The lowest BCUT2D eigenvalue weighted by Crippen LogP contribution is -2.31. The monoisotopic (exact) mass is 232 g/mol. The van der Waals surface area contributed by atoms with Crippen molar-refractivity contribution in [3.63, 3.8) is 0 Å². The Morgan fingerprint density at radius 1 is 1.29 bits per heavy atom. The van der Waals surface area contributed by atoms with Crippen LogP contribution in [0.4, 0.5) is 0 Å². The molecule has 1 N–H and O–H groups in total. The lowest BCUT2D eigenvalue weighted by atomic mass is 10.1. The highest BCUT2D eigenvalue weighted by Gasteiger charge is 2.21. The van der Waals surface area contributed by atoms with Crippen molar-refractivity contribution in [2.45, 2.75) is 32.4 Å². The van der Waals surface area contributed by atoms with Gasteiger partial charge in [0, 0.05) is 19.1 Å². The first-order valence-electron chi connectivity index (χ1n) is 6.70. The Morgan fingerprint density at radius 3 is 2.65 bits per heavy atom. The molecule has 0 heterocycles. The van der Waals surface area contributed by atoms with E-state index in [0.29, 0.717) is 0 Å². The van der Waals surface area contributed by atoms with Crippen LogP contribution >= 0.6 is 0 Å². The van der Waals surface area contributed by atoms with Crippen molar-refractivity contribution in [1.82, 2.24) is 10.2 Å². The van der Waals surface area contributed by atoms with Crippen LogP contribution in [0.25, 0.3) is 0 Å². The van der Waals surface area contributed by atoms with Gasteiger partial charge in [-0.25, -0.2) is 0 Å². The molecule has 0 saturated heterocycles. The topological polar surface area (TPSA) is 15.3 Å². The van der Waals surface area contributed by atoms with Crippen LogP contribution < -0.4 is 5.32 Å². The number of nitrogens with zero attached hydrogens (tertiary/aromatic N) is 1. The van der Waals surface area contributed by atoms with Crippen molar-refractivity contribution >= 4 is 0 Å². The third-order valence-corrected chi connectivity index (χ3v) is 3.25. The number of hydrogen-bond acceptors (Lipinski definition) is 2. The van der Waals surface area contributed by atoms with E-state index in [4.69, 9.17) is 0 Å². The zero-order valence-corrected chi connectivity index (χ0v) is 11.0. The van der Waals surface area contributed by atoms with Crippen LogP contribution in [0, 0.1) is 5.92 Å². The third-order valence-electron chi connectivity index (χ3n) is 3.25. The van der Waals surface area contributed by atoms with Crippen LogP contribution in [0.15, 0.2) is 30.3 Å². The average molecular weight is 232 g/mol. The standard InChI is InChI=1S/C15H24N2/c1-13(10-16-15-8-9-15)11-17(2)12-14-6-4-3-5-7-14/h3-7,13,15-16H,8-12H2,1-2H3. The number of benzene rings is 1. The summed E-state index contributed by atoms with van der Waals surface area (Å²) in [7, 11) is 2.21. The molecule has 0 spiro atoms. The molecule has 1 aliphatic carbocycles. The van der Waals surface area contributed by atoms with E-state index in [1.54, 1.807) is 0 Å². The number of rotatable bonds is 7. The maximum Gasteiger partial charge on any atom is 0.0230 e. The van der Waals surface area contributed by atoms with Gasteiger partial charge in [0.05, 0.1) is 0 Å². The van der Waals surface area contributed by atoms with Crippen LogP contribution in [0.2, 0.25) is 0 Å². The van der Waals surface area contributed by atoms with Crippen molar-refractivity contribution in [2.75, 3.05) is 20.1 Å².